The van der Waals surface area contributed by atoms with Crippen molar-refractivity contribution < 1.29 is 0 Å². The average Bonchev–Trinajstić information content (AvgIpc) is 3.72. The van der Waals surface area contributed by atoms with Crippen LogP contribution in [0.3, 0.4) is 0 Å². The van der Waals surface area contributed by atoms with E-state index in [0.717, 1.165) is 17.1 Å². The lowest BCUT2D eigenvalue weighted by Gasteiger charge is -2.43. The fourth-order valence-corrected chi connectivity index (χ4v) is 13.0. The van der Waals surface area contributed by atoms with Crippen molar-refractivity contribution in [3.8, 4) is 22.3 Å². The molecule has 0 spiro atoms. The van der Waals surface area contributed by atoms with Crippen LogP contribution in [0.25, 0.3) is 33.0 Å². The van der Waals surface area contributed by atoms with Gasteiger partial charge in [-0.05, 0) is 103 Å². The average molecular weight is 884 g/mol. The maximum atomic E-state index is 2.51. The minimum atomic E-state index is -0.639. The third-order valence-electron chi connectivity index (χ3n) is 14.5. The summed E-state index contributed by atoms with van der Waals surface area (Å²) >= 11 is 1.93. The van der Waals surface area contributed by atoms with Gasteiger partial charge in [-0.1, -0.05) is 248 Å². The van der Waals surface area contributed by atoms with Gasteiger partial charge in [0.15, 0.2) is 0 Å². The van der Waals surface area contributed by atoms with E-state index in [9.17, 15) is 0 Å². The summed E-state index contributed by atoms with van der Waals surface area (Å²) in [6.45, 7) is 0. The zero-order chi connectivity index (χ0) is 45.1. The number of hydrogen-bond donors (Lipinski definition) is 0. The van der Waals surface area contributed by atoms with E-state index in [4.69, 9.17) is 0 Å². The summed E-state index contributed by atoms with van der Waals surface area (Å²) in [6.07, 6.45) is 0. The van der Waals surface area contributed by atoms with Gasteiger partial charge in [0.25, 0.3) is 0 Å². The second-order valence-electron chi connectivity index (χ2n) is 17.9. The highest BCUT2D eigenvalue weighted by molar-refractivity contribution is 7.99. The first-order valence-corrected chi connectivity index (χ1v) is 24.3. The van der Waals surface area contributed by atoms with Crippen LogP contribution < -0.4 is 4.90 Å². The van der Waals surface area contributed by atoms with Crippen LogP contribution in [-0.4, -0.2) is 0 Å². The van der Waals surface area contributed by atoms with E-state index in [2.05, 4.69) is 278 Å². The lowest BCUT2D eigenvalue weighted by molar-refractivity contribution is 0.699. The highest BCUT2D eigenvalue weighted by Crippen LogP contribution is 2.64. The zero-order valence-electron chi connectivity index (χ0n) is 37.3. The van der Waals surface area contributed by atoms with Crippen LogP contribution in [-0.2, 0) is 10.8 Å². The maximum absolute atomic E-state index is 2.51. The van der Waals surface area contributed by atoms with Crippen LogP contribution in [0.15, 0.2) is 283 Å². The standard InChI is InChI=1S/C66H45NS/c1-6-21-46(22-7-1)47-37-39-53(40-38-47)67(61-35-20-24-48-23-16-17-33-55(48)61)54-41-42-56-60(45-54)66(51-29-12-4-13-30-51,52-31-14-5-15-32-52)58-43-44-59-64(63(56)58)68-62-36-19-18-34-57(62)65(59,49-25-8-2-9-26-49)50-27-10-3-11-28-50/h1-45H. The molecule has 0 atom stereocenters. The molecule has 0 unspecified atom stereocenters. The molecule has 0 amide bonds. The molecule has 11 aromatic rings. The molecular weight excluding hydrogens is 839 g/mol. The predicted molar refractivity (Wildman–Crippen MR) is 284 cm³/mol. The molecule has 2 aliphatic rings. The molecule has 11 aromatic carbocycles. The van der Waals surface area contributed by atoms with Gasteiger partial charge in [-0.2, -0.15) is 0 Å². The van der Waals surface area contributed by atoms with Crippen LogP contribution in [0, 0.1) is 0 Å². The molecule has 0 N–H and O–H groups in total. The highest BCUT2D eigenvalue weighted by atomic mass is 32.2. The molecule has 0 saturated heterocycles. The molecule has 2 heteroatoms. The third-order valence-corrected chi connectivity index (χ3v) is 15.7. The molecule has 0 saturated carbocycles. The van der Waals surface area contributed by atoms with E-state index in [0.29, 0.717) is 0 Å². The Bertz CT molecular complexity index is 3540. The number of nitrogens with zero attached hydrogens (tertiary/aromatic N) is 1. The first-order valence-electron chi connectivity index (χ1n) is 23.5. The Morgan fingerprint density at radius 3 is 1.44 bits per heavy atom. The summed E-state index contributed by atoms with van der Waals surface area (Å²) in [5, 5.41) is 2.40. The lowest BCUT2D eigenvalue weighted by atomic mass is 9.63. The van der Waals surface area contributed by atoms with Crippen molar-refractivity contribution in [1.82, 2.24) is 0 Å². The van der Waals surface area contributed by atoms with Gasteiger partial charge < -0.3 is 4.90 Å². The van der Waals surface area contributed by atoms with Gasteiger partial charge in [0.05, 0.1) is 16.5 Å². The second-order valence-corrected chi connectivity index (χ2v) is 19.0. The van der Waals surface area contributed by atoms with E-state index in [1.54, 1.807) is 0 Å². The fraction of sp³-hybridized carbons (Fsp3) is 0.0303. The molecule has 0 radical (unpaired) electrons. The van der Waals surface area contributed by atoms with Crippen LogP contribution >= 0.6 is 11.8 Å². The minimum absolute atomic E-state index is 0.559. The monoisotopic (exact) mass is 883 g/mol. The molecule has 320 valence electrons. The van der Waals surface area contributed by atoms with Crippen molar-refractivity contribution in [2.45, 2.75) is 20.6 Å². The number of benzene rings is 11. The summed E-state index contributed by atoms with van der Waals surface area (Å²) in [4.78, 5) is 5.05. The number of hydrogen-bond acceptors (Lipinski definition) is 2. The Morgan fingerprint density at radius 1 is 0.324 bits per heavy atom. The van der Waals surface area contributed by atoms with Gasteiger partial charge in [-0.3, -0.25) is 0 Å². The summed E-state index contributed by atoms with van der Waals surface area (Å²) in [7, 11) is 0. The predicted octanol–water partition coefficient (Wildman–Crippen LogP) is 17.2. The van der Waals surface area contributed by atoms with Crippen molar-refractivity contribution in [3.63, 3.8) is 0 Å². The van der Waals surface area contributed by atoms with Gasteiger partial charge in [0, 0.05) is 32.1 Å². The summed E-state index contributed by atoms with van der Waals surface area (Å²) < 4.78 is 0. The molecule has 68 heavy (non-hydrogen) atoms. The van der Waals surface area contributed by atoms with Gasteiger partial charge in [0.1, 0.15) is 0 Å². The molecular formula is C66H45NS. The topological polar surface area (TPSA) is 3.24 Å². The van der Waals surface area contributed by atoms with E-state index in [-0.39, 0.29) is 0 Å². The van der Waals surface area contributed by atoms with E-state index in [1.807, 2.05) is 11.8 Å². The summed E-state index contributed by atoms with van der Waals surface area (Å²) in [5.41, 5.74) is 17.3. The van der Waals surface area contributed by atoms with Crippen LogP contribution in [0.5, 0.6) is 0 Å². The molecule has 0 fully saturated rings. The van der Waals surface area contributed by atoms with Gasteiger partial charge >= 0.3 is 0 Å². The van der Waals surface area contributed by atoms with Crippen molar-refractivity contribution in [3.05, 3.63) is 317 Å². The fourth-order valence-electron chi connectivity index (χ4n) is 11.6. The Balaban J connectivity index is 1.12. The third kappa shape index (κ3) is 6.04. The SMILES string of the molecule is c1ccc(-c2ccc(N(c3ccc4c(c3)C(c3ccccc3)(c3ccccc3)c3ccc5c(c3-4)Sc3ccccc3C5(c3ccccc3)c3ccccc3)c3cccc4ccccc34)cc2)cc1. The minimum Gasteiger partial charge on any atom is -0.310 e. The maximum Gasteiger partial charge on any atom is 0.0723 e. The summed E-state index contributed by atoms with van der Waals surface area (Å²) in [6, 6.07) is 101. The van der Waals surface area contributed by atoms with Gasteiger partial charge in [0.2, 0.25) is 0 Å². The van der Waals surface area contributed by atoms with E-state index >= 15 is 0 Å². The second kappa shape index (κ2) is 16.3. The van der Waals surface area contributed by atoms with Gasteiger partial charge in [-0.25, -0.2) is 0 Å². The first kappa shape index (κ1) is 40.1. The zero-order valence-corrected chi connectivity index (χ0v) is 38.2. The Hall–Kier alpha value is -8.17. The molecule has 0 aromatic heterocycles. The lowest BCUT2D eigenvalue weighted by Crippen LogP contribution is -2.34. The van der Waals surface area contributed by atoms with E-state index in [1.165, 1.54) is 87.3 Å². The molecule has 1 aliphatic carbocycles. The normalized spacial score (nSPS) is 13.8. The van der Waals surface area contributed by atoms with Crippen molar-refractivity contribution in [2.75, 3.05) is 4.90 Å². The quantitative estimate of drug-likeness (QED) is 0.150. The Morgan fingerprint density at radius 2 is 0.809 bits per heavy atom. The Labute approximate surface area is 402 Å². The van der Waals surface area contributed by atoms with Crippen LogP contribution in [0.4, 0.5) is 17.1 Å². The molecule has 0 bridgehead atoms. The van der Waals surface area contributed by atoms with Gasteiger partial charge in [-0.15, -0.1) is 0 Å². The van der Waals surface area contributed by atoms with Crippen molar-refractivity contribution in [2.24, 2.45) is 0 Å². The molecule has 1 heterocycles. The molecule has 1 aliphatic heterocycles. The van der Waals surface area contributed by atoms with Crippen molar-refractivity contribution in [1.29, 1.82) is 0 Å². The Kier molecular flexibility index (Phi) is 9.63. The number of fused-ring (bicyclic) bond motifs is 7. The number of anilines is 3. The van der Waals surface area contributed by atoms with E-state index < -0.39 is 10.8 Å². The highest BCUT2D eigenvalue weighted by Gasteiger charge is 2.51. The van der Waals surface area contributed by atoms with Crippen LogP contribution in [0.1, 0.15) is 44.5 Å². The van der Waals surface area contributed by atoms with Crippen molar-refractivity contribution >= 4 is 39.6 Å². The first-order chi connectivity index (χ1) is 33.7. The smallest absolute Gasteiger partial charge is 0.0723 e. The molecule has 13 rings (SSSR count). The molecule has 1 nitrogen and oxygen atoms in total. The van der Waals surface area contributed by atoms with Crippen LogP contribution in [0.2, 0.25) is 0 Å². The largest absolute Gasteiger partial charge is 0.310 e. The number of rotatable bonds is 8. The summed E-state index contributed by atoms with van der Waals surface area (Å²) in [5.74, 6) is 0.